The Morgan fingerprint density at radius 3 is 2.54 bits per heavy atom. The van der Waals surface area contributed by atoms with Gasteiger partial charge in [0.25, 0.3) is 0 Å². The van der Waals surface area contributed by atoms with Gasteiger partial charge in [-0.05, 0) is 28.8 Å². The van der Waals surface area contributed by atoms with Crippen molar-refractivity contribution in [2.75, 3.05) is 5.32 Å². The summed E-state index contributed by atoms with van der Waals surface area (Å²) in [5.41, 5.74) is 0. The first-order chi connectivity index (χ1) is 6.09. The number of aromatic nitrogens is 2. The Morgan fingerprint density at radius 2 is 2.00 bits per heavy atom. The monoisotopic (exact) mass is 243 g/mol. The van der Waals surface area contributed by atoms with Crippen molar-refractivity contribution >= 4 is 21.7 Å². The van der Waals surface area contributed by atoms with Crippen LogP contribution in [0.3, 0.4) is 0 Å². The molecule has 1 aromatic rings. The fourth-order valence-electron chi connectivity index (χ4n) is 0.812. The van der Waals surface area contributed by atoms with E-state index >= 15 is 0 Å². The minimum absolute atomic E-state index is 0.418. The van der Waals surface area contributed by atoms with Crippen molar-refractivity contribution in [3.8, 4) is 0 Å². The predicted octanol–water partition coefficient (Wildman–Crippen LogP) is 2.70. The smallest absolute Gasteiger partial charge is 0.130 e. The highest BCUT2D eigenvalue weighted by Crippen LogP contribution is 2.12. The summed E-state index contributed by atoms with van der Waals surface area (Å²) >= 11 is 3.30. The van der Waals surface area contributed by atoms with Crippen LogP contribution >= 0.6 is 15.9 Å². The van der Waals surface area contributed by atoms with E-state index in [1.165, 1.54) is 0 Å². The normalized spacial score (nSPS) is 13.0. The van der Waals surface area contributed by atoms with Crippen molar-refractivity contribution in [3.05, 3.63) is 17.0 Å². The van der Waals surface area contributed by atoms with E-state index in [4.69, 9.17) is 0 Å². The minimum atomic E-state index is 0.418. The average Bonchev–Trinajstić information content (AvgIpc) is 2.04. The maximum atomic E-state index is 4.11. The van der Waals surface area contributed by atoms with E-state index in [0.717, 1.165) is 10.4 Å². The molecule has 0 fully saturated rings. The van der Waals surface area contributed by atoms with Crippen LogP contribution in [-0.2, 0) is 0 Å². The number of anilines is 1. The second-order valence-corrected chi connectivity index (χ2v) is 4.22. The van der Waals surface area contributed by atoms with Crippen LogP contribution in [-0.4, -0.2) is 16.0 Å². The molecule has 0 aliphatic heterocycles. The maximum Gasteiger partial charge on any atom is 0.130 e. The fraction of sp³-hybridized carbons (Fsp3) is 0.556. The molecular formula is C9H14BrN3. The molecule has 1 atom stereocenters. The summed E-state index contributed by atoms with van der Waals surface area (Å²) in [6, 6.07) is 2.29. The highest BCUT2D eigenvalue weighted by Gasteiger charge is 2.06. The average molecular weight is 244 g/mol. The molecule has 1 N–H and O–H groups in total. The van der Waals surface area contributed by atoms with Crippen LogP contribution in [0.25, 0.3) is 0 Å². The molecule has 0 aliphatic carbocycles. The topological polar surface area (TPSA) is 37.8 Å². The summed E-state index contributed by atoms with van der Waals surface area (Å²) in [5.74, 6) is 1.46. The quantitative estimate of drug-likeness (QED) is 0.830. The number of rotatable bonds is 3. The molecule has 0 radical (unpaired) electrons. The van der Waals surface area contributed by atoms with Crippen LogP contribution in [0.4, 0.5) is 5.82 Å². The first-order valence-electron chi connectivity index (χ1n) is 4.33. The standard InChI is InChI=1S/C9H14BrN3/c1-6(2)7(3)13-9-4-8(10)11-5-12-9/h4-7H,1-3H3,(H,11,12,13). The number of nitrogens with zero attached hydrogens (tertiary/aromatic N) is 2. The van der Waals surface area contributed by atoms with Crippen LogP contribution in [0.15, 0.2) is 17.0 Å². The molecule has 0 bridgehead atoms. The third-order valence-corrected chi connectivity index (χ3v) is 2.44. The number of nitrogens with one attached hydrogen (secondary N) is 1. The van der Waals surface area contributed by atoms with E-state index in [9.17, 15) is 0 Å². The minimum Gasteiger partial charge on any atom is -0.367 e. The lowest BCUT2D eigenvalue weighted by Crippen LogP contribution is -2.22. The zero-order valence-electron chi connectivity index (χ0n) is 8.08. The molecule has 3 nitrogen and oxygen atoms in total. The summed E-state index contributed by atoms with van der Waals surface area (Å²) in [6.45, 7) is 6.49. The molecule has 1 unspecified atom stereocenters. The maximum absolute atomic E-state index is 4.11. The predicted molar refractivity (Wildman–Crippen MR) is 57.7 cm³/mol. The van der Waals surface area contributed by atoms with Gasteiger partial charge < -0.3 is 5.32 Å². The zero-order valence-corrected chi connectivity index (χ0v) is 9.67. The summed E-state index contributed by atoms with van der Waals surface area (Å²) in [6.07, 6.45) is 1.54. The fourth-order valence-corrected chi connectivity index (χ4v) is 1.12. The van der Waals surface area contributed by atoms with Crippen LogP contribution in [0.5, 0.6) is 0 Å². The Kier molecular flexibility index (Phi) is 3.66. The first-order valence-corrected chi connectivity index (χ1v) is 5.13. The van der Waals surface area contributed by atoms with Gasteiger partial charge in [0.1, 0.15) is 16.7 Å². The van der Waals surface area contributed by atoms with Gasteiger partial charge in [0, 0.05) is 12.1 Å². The van der Waals surface area contributed by atoms with Crippen molar-refractivity contribution < 1.29 is 0 Å². The summed E-state index contributed by atoms with van der Waals surface area (Å²) < 4.78 is 0.806. The lowest BCUT2D eigenvalue weighted by molar-refractivity contribution is 0.558. The summed E-state index contributed by atoms with van der Waals surface area (Å²) in [4.78, 5) is 8.07. The molecule has 0 aromatic carbocycles. The van der Waals surface area contributed by atoms with Gasteiger partial charge in [-0.25, -0.2) is 9.97 Å². The van der Waals surface area contributed by atoms with E-state index in [0.29, 0.717) is 12.0 Å². The molecule has 0 aliphatic rings. The summed E-state index contributed by atoms with van der Waals surface area (Å²) in [7, 11) is 0. The van der Waals surface area contributed by atoms with E-state index in [-0.39, 0.29) is 0 Å². The van der Waals surface area contributed by atoms with Gasteiger partial charge in [-0.3, -0.25) is 0 Å². The van der Waals surface area contributed by atoms with Gasteiger partial charge in [0.05, 0.1) is 0 Å². The second-order valence-electron chi connectivity index (χ2n) is 3.40. The Balaban J connectivity index is 2.64. The van der Waals surface area contributed by atoms with Crippen molar-refractivity contribution in [1.29, 1.82) is 0 Å². The highest BCUT2D eigenvalue weighted by atomic mass is 79.9. The van der Waals surface area contributed by atoms with Crippen LogP contribution in [0, 0.1) is 5.92 Å². The van der Waals surface area contributed by atoms with Gasteiger partial charge in [0.15, 0.2) is 0 Å². The SMILES string of the molecule is CC(C)C(C)Nc1cc(Br)ncn1. The van der Waals surface area contributed by atoms with Crippen molar-refractivity contribution in [3.63, 3.8) is 0 Å². The molecule has 0 amide bonds. The molecule has 72 valence electrons. The molecule has 1 heterocycles. The number of hydrogen-bond acceptors (Lipinski definition) is 3. The van der Waals surface area contributed by atoms with Crippen LogP contribution < -0.4 is 5.32 Å². The van der Waals surface area contributed by atoms with Gasteiger partial charge in [-0.1, -0.05) is 13.8 Å². The first kappa shape index (κ1) is 10.4. The molecule has 0 saturated carbocycles. The molecule has 1 rings (SSSR count). The number of hydrogen-bond donors (Lipinski definition) is 1. The van der Waals surface area contributed by atoms with E-state index < -0.39 is 0 Å². The van der Waals surface area contributed by atoms with Gasteiger partial charge in [0.2, 0.25) is 0 Å². The van der Waals surface area contributed by atoms with Gasteiger partial charge in [-0.15, -0.1) is 0 Å². The van der Waals surface area contributed by atoms with Gasteiger partial charge in [-0.2, -0.15) is 0 Å². The van der Waals surface area contributed by atoms with E-state index in [2.05, 4.69) is 52.0 Å². The molecule has 1 aromatic heterocycles. The lowest BCUT2D eigenvalue weighted by atomic mass is 10.1. The molecule has 4 heteroatoms. The third kappa shape index (κ3) is 3.30. The lowest BCUT2D eigenvalue weighted by Gasteiger charge is -2.17. The van der Waals surface area contributed by atoms with Crippen LogP contribution in [0.1, 0.15) is 20.8 Å². The third-order valence-electron chi connectivity index (χ3n) is 2.01. The molecule has 0 saturated heterocycles. The number of halogens is 1. The molecule has 13 heavy (non-hydrogen) atoms. The largest absolute Gasteiger partial charge is 0.367 e. The zero-order chi connectivity index (χ0) is 9.84. The molecular weight excluding hydrogens is 230 g/mol. The van der Waals surface area contributed by atoms with E-state index in [1.54, 1.807) is 6.33 Å². The Morgan fingerprint density at radius 1 is 1.31 bits per heavy atom. The van der Waals surface area contributed by atoms with Gasteiger partial charge >= 0.3 is 0 Å². The van der Waals surface area contributed by atoms with Crippen molar-refractivity contribution in [1.82, 2.24) is 9.97 Å². The van der Waals surface area contributed by atoms with E-state index in [1.807, 2.05) is 6.07 Å². The Hall–Kier alpha value is -0.640. The Bertz CT molecular complexity index is 275. The van der Waals surface area contributed by atoms with Crippen LogP contribution in [0.2, 0.25) is 0 Å². The highest BCUT2D eigenvalue weighted by molar-refractivity contribution is 9.10. The Labute approximate surface area is 87.1 Å². The molecule has 0 spiro atoms. The van der Waals surface area contributed by atoms with Crippen molar-refractivity contribution in [2.45, 2.75) is 26.8 Å². The second kappa shape index (κ2) is 4.56. The van der Waals surface area contributed by atoms with Crippen molar-refractivity contribution in [2.24, 2.45) is 5.92 Å². The summed E-state index contributed by atoms with van der Waals surface area (Å²) in [5, 5.41) is 3.30.